The summed E-state index contributed by atoms with van der Waals surface area (Å²) in [5.74, 6) is -0.541. The minimum atomic E-state index is -0.526. The summed E-state index contributed by atoms with van der Waals surface area (Å²) in [5, 5.41) is 8.12. The van der Waals surface area contributed by atoms with E-state index in [1.165, 1.54) is 8.97 Å². The number of hydrogen-bond acceptors (Lipinski definition) is 7. The first-order valence-electron chi connectivity index (χ1n) is 8.23. The van der Waals surface area contributed by atoms with E-state index in [1.807, 2.05) is 6.08 Å². The minimum Gasteiger partial charge on any atom is -0.268 e. The fourth-order valence-corrected chi connectivity index (χ4v) is 3.56. The molecule has 1 aliphatic heterocycles. The molecule has 0 bridgehead atoms. The van der Waals surface area contributed by atoms with Crippen molar-refractivity contribution in [2.45, 2.75) is 0 Å². The molecule has 0 amide bonds. The van der Waals surface area contributed by atoms with Gasteiger partial charge in [0.15, 0.2) is 0 Å². The third-order valence-corrected chi connectivity index (χ3v) is 4.79. The molecule has 2 aliphatic rings. The van der Waals surface area contributed by atoms with Crippen LogP contribution in [0.15, 0.2) is 63.0 Å². The minimum absolute atomic E-state index is 0.124. The lowest BCUT2D eigenvalue weighted by Crippen LogP contribution is -2.52. The highest BCUT2D eigenvalue weighted by atomic mass is 16.6. The summed E-state index contributed by atoms with van der Waals surface area (Å²) in [6.45, 7) is 0. The Kier molecular flexibility index (Phi) is 2.52. The standard InChI is InChI=1S/C18H9N6O3/c25-17-9-5-1-3-7-11(9)19-13-14-20-12-8-4-2-6-10(12)18(26)24(14)16-15(23(13)17)21-27-22-16/h1-9H/q+1. The van der Waals surface area contributed by atoms with E-state index in [9.17, 15) is 9.59 Å². The molecule has 1 aromatic carbocycles. The molecule has 1 unspecified atom stereocenters. The fourth-order valence-electron chi connectivity index (χ4n) is 3.56. The zero-order chi connectivity index (χ0) is 18.1. The number of para-hydroxylation sites is 1. The number of aromatic nitrogens is 5. The Labute approximate surface area is 149 Å². The van der Waals surface area contributed by atoms with Crippen LogP contribution in [0.2, 0.25) is 0 Å². The Balaban J connectivity index is 1.90. The van der Waals surface area contributed by atoms with Crippen molar-refractivity contribution >= 4 is 45.3 Å². The molecule has 0 radical (unpaired) electrons. The molecular weight excluding hydrogens is 348 g/mol. The molecule has 4 heterocycles. The van der Waals surface area contributed by atoms with E-state index in [1.54, 1.807) is 42.5 Å². The van der Waals surface area contributed by atoms with Crippen molar-refractivity contribution in [3.8, 4) is 0 Å². The zero-order valence-corrected chi connectivity index (χ0v) is 13.6. The van der Waals surface area contributed by atoms with Gasteiger partial charge in [-0.2, -0.15) is 9.20 Å². The average molecular weight is 357 g/mol. The maximum absolute atomic E-state index is 13.1. The molecule has 1 atom stereocenters. The van der Waals surface area contributed by atoms with E-state index in [0.29, 0.717) is 16.6 Å². The van der Waals surface area contributed by atoms with Crippen molar-refractivity contribution in [1.29, 1.82) is 0 Å². The van der Waals surface area contributed by atoms with Crippen molar-refractivity contribution in [1.82, 2.24) is 19.7 Å². The third kappa shape index (κ3) is 1.70. The molecule has 0 N–H and O–H groups in total. The number of allylic oxidation sites excluding steroid dienone is 4. The monoisotopic (exact) mass is 357 g/mol. The summed E-state index contributed by atoms with van der Waals surface area (Å²) in [6, 6.07) is 6.98. The number of aliphatic imine (C=N–C) groups is 1. The molecular formula is C18H9N6O3+. The molecule has 0 saturated heterocycles. The lowest BCUT2D eigenvalue weighted by atomic mass is 9.96. The van der Waals surface area contributed by atoms with Gasteiger partial charge < -0.3 is 0 Å². The first-order chi connectivity index (χ1) is 13.2. The van der Waals surface area contributed by atoms with Gasteiger partial charge in [-0.15, -0.1) is 4.99 Å². The van der Waals surface area contributed by atoms with E-state index in [4.69, 9.17) is 4.63 Å². The molecule has 0 saturated carbocycles. The van der Waals surface area contributed by atoms with Crippen molar-refractivity contribution in [2.24, 2.45) is 10.9 Å². The Morgan fingerprint density at radius 1 is 1.07 bits per heavy atom. The van der Waals surface area contributed by atoms with Crippen LogP contribution in [0.5, 0.6) is 0 Å². The van der Waals surface area contributed by atoms with Crippen LogP contribution >= 0.6 is 0 Å². The number of nitrogens with zero attached hydrogens (tertiary/aromatic N) is 6. The van der Waals surface area contributed by atoms with Crippen LogP contribution in [-0.2, 0) is 0 Å². The maximum Gasteiger partial charge on any atom is 0.364 e. The van der Waals surface area contributed by atoms with Gasteiger partial charge >= 0.3 is 17.4 Å². The van der Waals surface area contributed by atoms with Crippen LogP contribution in [0.25, 0.3) is 27.8 Å². The van der Waals surface area contributed by atoms with Crippen molar-refractivity contribution in [2.75, 3.05) is 0 Å². The number of fused-ring (bicyclic) bond motifs is 8. The molecule has 0 fully saturated rings. The first kappa shape index (κ1) is 14.2. The molecule has 9 heteroatoms. The Hall–Kier alpha value is -4.01. The highest BCUT2D eigenvalue weighted by molar-refractivity contribution is 6.13. The van der Waals surface area contributed by atoms with E-state index in [2.05, 4.69) is 20.3 Å². The molecule has 3 aromatic heterocycles. The van der Waals surface area contributed by atoms with Gasteiger partial charge in [0.25, 0.3) is 11.2 Å². The van der Waals surface area contributed by atoms with Crippen LogP contribution in [0.1, 0.15) is 4.79 Å². The summed E-state index contributed by atoms with van der Waals surface area (Å²) in [4.78, 5) is 35.4. The van der Waals surface area contributed by atoms with Crippen LogP contribution in [-0.4, -0.2) is 31.3 Å². The smallest absolute Gasteiger partial charge is 0.268 e. The molecule has 4 aromatic rings. The highest BCUT2D eigenvalue weighted by Crippen LogP contribution is 2.26. The summed E-state index contributed by atoms with van der Waals surface area (Å²) in [6.07, 6.45) is 7.14. The van der Waals surface area contributed by atoms with Crippen molar-refractivity contribution in [3.63, 3.8) is 0 Å². The Bertz CT molecular complexity index is 1470. The molecule has 6 rings (SSSR count). The quantitative estimate of drug-likeness (QED) is 0.345. The highest BCUT2D eigenvalue weighted by Gasteiger charge is 2.40. The number of rotatable bonds is 0. The first-order valence-corrected chi connectivity index (χ1v) is 8.23. The van der Waals surface area contributed by atoms with Gasteiger partial charge in [-0.3, -0.25) is 9.59 Å². The topological polar surface area (TPSA) is 107 Å². The van der Waals surface area contributed by atoms with Gasteiger partial charge in [-0.05, 0) is 23.4 Å². The van der Waals surface area contributed by atoms with Gasteiger partial charge in [-0.1, -0.05) is 30.4 Å². The molecule has 0 spiro atoms. The van der Waals surface area contributed by atoms with E-state index >= 15 is 0 Å². The molecule has 9 nitrogen and oxygen atoms in total. The normalized spacial score (nSPS) is 18.1. The van der Waals surface area contributed by atoms with Crippen molar-refractivity contribution in [3.05, 3.63) is 58.9 Å². The van der Waals surface area contributed by atoms with Crippen LogP contribution in [0.3, 0.4) is 0 Å². The number of hydrogen-bond donors (Lipinski definition) is 0. The van der Waals surface area contributed by atoms with Crippen LogP contribution in [0.4, 0.5) is 5.82 Å². The molecule has 1 aliphatic carbocycles. The molecule has 128 valence electrons. The zero-order valence-electron chi connectivity index (χ0n) is 13.6. The Morgan fingerprint density at radius 2 is 1.96 bits per heavy atom. The summed E-state index contributed by atoms with van der Waals surface area (Å²) < 4.78 is 7.46. The van der Waals surface area contributed by atoms with Crippen LogP contribution in [0, 0.1) is 5.92 Å². The SMILES string of the molecule is O=C1C2C=CC=CC2=Nc2c3nc4ccccc4c(=O)n3c3nonc3[n+]21. The summed E-state index contributed by atoms with van der Waals surface area (Å²) >= 11 is 0. The largest absolute Gasteiger partial charge is 0.364 e. The third-order valence-electron chi connectivity index (χ3n) is 4.79. The van der Waals surface area contributed by atoms with Gasteiger partial charge in [0.2, 0.25) is 5.65 Å². The predicted octanol–water partition coefficient (Wildman–Crippen LogP) is 1.14. The summed E-state index contributed by atoms with van der Waals surface area (Å²) in [5.41, 5.74) is 1.25. The van der Waals surface area contributed by atoms with Gasteiger partial charge in [0.1, 0.15) is 16.8 Å². The Morgan fingerprint density at radius 3 is 2.89 bits per heavy atom. The number of benzene rings is 1. The second kappa shape index (κ2) is 4.79. The average Bonchev–Trinajstić information content (AvgIpc) is 3.17. The van der Waals surface area contributed by atoms with E-state index < -0.39 is 5.92 Å². The van der Waals surface area contributed by atoms with Crippen molar-refractivity contribution < 1.29 is 14.0 Å². The lowest BCUT2D eigenvalue weighted by Gasteiger charge is -2.17. The number of carbonyl (C=O) groups is 1. The fraction of sp³-hybridized carbons (Fsp3) is 0.0556. The second-order valence-corrected chi connectivity index (χ2v) is 6.26. The van der Waals surface area contributed by atoms with E-state index in [-0.39, 0.29) is 34.2 Å². The van der Waals surface area contributed by atoms with E-state index in [0.717, 1.165) is 0 Å². The maximum atomic E-state index is 13.1. The van der Waals surface area contributed by atoms with Gasteiger partial charge in [0.05, 0.1) is 10.9 Å². The van der Waals surface area contributed by atoms with Crippen LogP contribution < -0.4 is 10.1 Å². The molecule has 27 heavy (non-hydrogen) atoms. The predicted molar refractivity (Wildman–Crippen MR) is 94.0 cm³/mol. The van der Waals surface area contributed by atoms with Gasteiger partial charge in [-0.25, -0.2) is 9.38 Å². The second-order valence-electron chi connectivity index (χ2n) is 6.26. The van der Waals surface area contributed by atoms with Gasteiger partial charge in [0, 0.05) is 0 Å². The number of carbonyl (C=O) groups excluding carboxylic acids is 1. The lowest BCUT2D eigenvalue weighted by molar-refractivity contribution is -0.537. The summed E-state index contributed by atoms with van der Waals surface area (Å²) in [7, 11) is 0.